The van der Waals surface area contributed by atoms with Crippen molar-refractivity contribution < 1.29 is 0 Å². The molecule has 350 valence electrons. The molecular formula is C84H14. The highest BCUT2D eigenvalue weighted by Crippen LogP contribution is 2.90. The molecule has 0 fully saturated rings. The highest BCUT2D eigenvalue weighted by atomic mass is 14.8. The standard InChI is InChI=1S/C84H14/c1-2-7-17-16(6-1)77-19-12-15-9-8-13-4-3-5-14-10-11-18(21(15)20(13)14)22(19)78(17)84-81-73-63-53-43-35-27-24-23-25-29-31(27)39-45-37(29)47-41-33(25)34-26(23)30-32-28(24)36(35)44-50-40(32)46-38(30)48-42(34)52-51(41)61-55(47)65-59(45)67(57(63)49(39)43)75(81)71(65)79-69(61)70-62(52)56(48)66-60(46)68-58(50)64(54(44)53)74(73)82(84)76(68)72(66)80(70)83(77,79)84/h1-12,77-78H/t77-,78+,83?,84?/m0/s1. The van der Waals surface area contributed by atoms with Crippen LogP contribution in [-0.2, 0) is 10.8 Å². The van der Waals surface area contributed by atoms with Crippen LogP contribution in [0, 0.1) is 0 Å². The first kappa shape index (κ1) is 31.7. The molecule has 2 atom stereocenters. The van der Waals surface area contributed by atoms with Crippen molar-refractivity contribution in [1.29, 1.82) is 0 Å². The van der Waals surface area contributed by atoms with Crippen molar-refractivity contribution in [2.24, 2.45) is 0 Å². The van der Waals surface area contributed by atoms with Gasteiger partial charge in [0.25, 0.3) is 0 Å². The van der Waals surface area contributed by atoms with E-state index in [1.54, 1.807) is 335 Å². The number of hydrogen-bond donors (Lipinski definition) is 0. The first-order valence-corrected chi connectivity index (χ1v) is 31.5. The molecule has 0 saturated carbocycles. The summed E-state index contributed by atoms with van der Waals surface area (Å²) in [5, 5.41) is 99.1. The molecule has 33 aromatic rings. The third-order valence-electron chi connectivity index (χ3n) is 30.3. The van der Waals surface area contributed by atoms with Gasteiger partial charge in [0.15, 0.2) is 0 Å². The van der Waals surface area contributed by atoms with E-state index in [4.69, 9.17) is 0 Å². The van der Waals surface area contributed by atoms with Gasteiger partial charge in [-0.3, -0.25) is 0 Å². The van der Waals surface area contributed by atoms with Gasteiger partial charge in [-0.2, -0.15) is 0 Å². The minimum absolute atomic E-state index is 0.0917. The average molecular weight is 1020 g/mol. The fourth-order valence-corrected chi connectivity index (χ4v) is 30.1. The second-order valence-electron chi connectivity index (χ2n) is 30.6. The third-order valence-corrected chi connectivity index (χ3v) is 30.3. The van der Waals surface area contributed by atoms with Gasteiger partial charge in [0, 0.05) is 22.7 Å². The highest BCUT2D eigenvalue weighted by Gasteiger charge is 2.78. The summed E-state index contributed by atoms with van der Waals surface area (Å²) in [5.41, 5.74) is 12.9. The maximum Gasteiger partial charge on any atom is 0.0484 e. The SMILES string of the molecule is c1ccc2c(c1)[C@H]1c3cc4ccc5cccc6ccc(c3[C@@H]2C23c7c8c9c%10c%11c%12c(c%13c%14c2c2c7c7c%15c8c8c9c9c%11c%11c%16c%12c%12c%13c%13c%14c%14c2c2c7c7c%15c%15c8c8c9c%11c9c%11c%16c%12c%12c%13c%13c%14c2c2c7c7c%15c8c9c8c%11c%12c%13c2c78)C%1013)c4c56. The predicted molar refractivity (Wildman–Crippen MR) is 354 cm³/mol. The first-order valence-electron chi connectivity index (χ1n) is 31.5. The monoisotopic (exact) mass is 1020 g/mol. The third kappa shape index (κ3) is 1.77. The molecule has 0 aromatic heterocycles. The maximum absolute atomic E-state index is 2.83. The molecule has 0 N–H and O–H groups in total. The second kappa shape index (κ2) is 7.44. The average Bonchev–Trinajstić information content (AvgIpc) is 1.39. The van der Waals surface area contributed by atoms with Gasteiger partial charge in [0.1, 0.15) is 0 Å². The minimum atomic E-state index is -0.409. The van der Waals surface area contributed by atoms with Gasteiger partial charge in [0.05, 0.1) is 0 Å². The van der Waals surface area contributed by atoms with E-state index in [1.807, 2.05) is 0 Å². The molecular weight excluding hydrogens is 1010 g/mol. The van der Waals surface area contributed by atoms with Crippen LogP contribution in [0.2, 0.25) is 0 Å². The van der Waals surface area contributed by atoms with Crippen LogP contribution < -0.4 is 0 Å². The van der Waals surface area contributed by atoms with Crippen LogP contribution in [0.1, 0.15) is 56.3 Å². The van der Waals surface area contributed by atoms with Crippen LogP contribution in [0.25, 0.3) is 323 Å². The van der Waals surface area contributed by atoms with Crippen molar-refractivity contribution in [3.05, 3.63) is 117 Å². The summed E-state index contributed by atoms with van der Waals surface area (Å²) < 4.78 is 0. The number of hydrogen-bond acceptors (Lipinski definition) is 0. The Kier molecular flexibility index (Phi) is 2.81. The van der Waals surface area contributed by atoms with Crippen molar-refractivity contribution in [2.45, 2.75) is 22.7 Å². The predicted octanol–water partition coefficient (Wildman–Crippen LogP) is 22.5. The highest BCUT2D eigenvalue weighted by molar-refractivity contribution is 6.82. The molecule has 40 rings (SSSR count). The van der Waals surface area contributed by atoms with Crippen LogP contribution in [-0.4, -0.2) is 0 Å². The van der Waals surface area contributed by atoms with Crippen LogP contribution >= 0.6 is 0 Å². The van der Waals surface area contributed by atoms with Crippen molar-refractivity contribution in [2.75, 3.05) is 0 Å². The van der Waals surface area contributed by atoms with Crippen molar-refractivity contribution in [3.8, 4) is 0 Å². The lowest BCUT2D eigenvalue weighted by Gasteiger charge is -2.67. The fraction of sp³-hybridized carbons (Fsp3) is 0.0476. The normalized spacial score (nSPS) is 22.9. The molecule has 0 heteroatoms. The van der Waals surface area contributed by atoms with Crippen LogP contribution in [0.4, 0.5) is 0 Å². The second-order valence-corrected chi connectivity index (χ2v) is 30.6. The summed E-state index contributed by atoms with van der Waals surface area (Å²) in [6.07, 6.45) is 0. The smallest absolute Gasteiger partial charge is 0.0484 e. The van der Waals surface area contributed by atoms with E-state index in [9.17, 15) is 0 Å². The van der Waals surface area contributed by atoms with Gasteiger partial charge in [-0.1, -0.05) is 72.8 Å². The summed E-state index contributed by atoms with van der Waals surface area (Å²) in [4.78, 5) is 0. The van der Waals surface area contributed by atoms with Crippen LogP contribution in [0.5, 0.6) is 0 Å². The Bertz CT molecular complexity index is 8710. The zero-order valence-electron chi connectivity index (χ0n) is 43.1. The topological polar surface area (TPSA) is 0 Å². The quantitative estimate of drug-likeness (QED) is 0.133. The molecule has 2 bridgehead atoms. The Hall–Kier alpha value is -10.4. The zero-order valence-corrected chi connectivity index (χ0v) is 43.1. The van der Waals surface area contributed by atoms with Crippen molar-refractivity contribution >= 4 is 323 Å². The number of benzene rings is 23. The van der Waals surface area contributed by atoms with Crippen LogP contribution in [0.3, 0.4) is 0 Å². The first-order chi connectivity index (χ1) is 41.9. The van der Waals surface area contributed by atoms with E-state index >= 15 is 0 Å². The van der Waals surface area contributed by atoms with Gasteiger partial charge in [0.2, 0.25) is 0 Å². The minimum Gasteiger partial charge on any atom is -0.0620 e. The summed E-state index contributed by atoms with van der Waals surface area (Å²) in [5.74, 6) is 0.195. The molecule has 0 radical (unpaired) electrons. The van der Waals surface area contributed by atoms with E-state index in [2.05, 4.69) is 72.8 Å². The molecule has 0 amide bonds. The van der Waals surface area contributed by atoms with Crippen molar-refractivity contribution in [1.82, 2.24) is 0 Å². The molecule has 0 nitrogen and oxygen atoms in total. The Morgan fingerprint density at radius 2 is 0.429 bits per heavy atom. The molecule has 0 unspecified atom stereocenters. The molecule has 7 aliphatic carbocycles. The van der Waals surface area contributed by atoms with Gasteiger partial charge < -0.3 is 0 Å². The van der Waals surface area contributed by atoms with Crippen molar-refractivity contribution in [3.63, 3.8) is 0 Å². The Morgan fingerprint density at radius 1 is 0.179 bits per heavy atom. The van der Waals surface area contributed by atoms with Gasteiger partial charge in [-0.15, -0.1) is 0 Å². The van der Waals surface area contributed by atoms with E-state index in [0.29, 0.717) is 0 Å². The maximum atomic E-state index is 2.83. The summed E-state index contributed by atoms with van der Waals surface area (Å²) >= 11 is 0. The molecule has 2 spiro atoms. The Labute approximate surface area is 460 Å². The molecule has 84 heavy (non-hydrogen) atoms. The van der Waals surface area contributed by atoms with E-state index in [0.717, 1.165) is 0 Å². The lowest BCUT2D eigenvalue weighted by molar-refractivity contribution is 0.220. The van der Waals surface area contributed by atoms with Gasteiger partial charge in [-0.25, -0.2) is 0 Å². The van der Waals surface area contributed by atoms with E-state index in [1.165, 1.54) is 32.3 Å². The molecule has 0 aliphatic heterocycles. The Balaban J connectivity index is 1.02. The fourth-order valence-electron chi connectivity index (χ4n) is 30.1. The molecule has 33 aromatic carbocycles. The van der Waals surface area contributed by atoms with Crippen LogP contribution in [0.15, 0.2) is 72.8 Å². The summed E-state index contributed by atoms with van der Waals surface area (Å²) in [6, 6.07) is 30.3. The Morgan fingerprint density at radius 3 is 0.738 bits per heavy atom. The summed E-state index contributed by atoms with van der Waals surface area (Å²) in [6.45, 7) is 0. The lowest BCUT2D eigenvalue weighted by Crippen LogP contribution is -2.64. The lowest BCUT2D eigenvalue weighted by atomic mass is 9.33. The summed E-state index contributed by atoms with van der Waals surface area (Å²) in [7, 11) is 0. The van der Waals surface area contributed by atoms with Gasteiger partial charge >= 0.3 is 0 Å². The zero-order chi connectivity index (χ0) is 49.9. The van der Waals surface area contributed by atoms with E-state index in [-0.39, 0.29) is 11.8 Å². The molecule has 7 aliphatic rings. The molecule has 0 saturated heterocycles. The largest absolute Gasteiger partial charge is 0.0620 e. The van der Waals surface area contributed by atoms with Gasteiger partial charge in [-0.05, 0) is 368 Å². The van der Waals surface area contributed by atoms with E-state index < -0.39 is 10.8 Å². The molecule has 0 heterocycles. The number of rotatable bonds is 0.